The molecule has 25 heavy (non-hydrogen) atoms. The molecule has 1 rings (SSSR count). The molecule has 0 aromatic heterocycles. The van der Waals surface area contributed by atoms with Crippen LogP contribution in [0.15, 0.2) is 18.2 Å². The Morgan fingerprint density at radius 2 is 1.80 bits per heavy atom. The van der Waals surface area contributed by atoms with Crippen molar-refractivity contribution in [1.29, 1.82) is 0 Å². The number of benzene rings is 1. The monoisotopic (exact) mass is 354 g/mol. The van der Waals surface area contributed by atoms with Crippen LogP contribution in [0.3, 0.4) is 0 Å². The number of non-ortho nitro benzene ring substituents is 1. The quantitative estimate of drug-likeness (QED) is 0.307. The van der Waals surface area contributed by atoms with Crippen LogP contribution in [0.25, 0.3) is 0 Å². The number of amides is 1. The van der Waals surface area contributed by atoms with Crippen LogP contribution in [0, 0.1) is 20.2 Å². The lowest BCUT2D eigenvalue weighted by Gasteiger charge is -2.07. The van der Waals surface area contributed by atoms with E-state index in [-0.39, 0.29) is 29.4 Å². The van der Waals surface area contributed by atoms with E-state index in [0.717, 1.165) is 6.07 Å². The fourth-order valence-corrected chi connectivity index (χ4v) is 2.01. The lowest BCUT2D eigenvalue weighted by molar-refractivity contribution is -0.393. The molecular weight excluding hydrogens is 336 g/mol. The highest BCUT2D eigenvalue weighted by Crippen LogP contribution is 2.28. The van der Waals surface area contributed by atoms with E-state index in [1.54, 1.807) is 0 Å². The molecule has 0 aliphatic carbocycles. The van der Waals surface area contributed by atoms with Gasteiger partial charge in [0.1, 0.15) is 12.2 Å². The van der Waals surface area contributed by atoms with Crippen molar-refractivity contribution in [2.45, 2.75) is 25.7 Å². The van der Waals surface area contributed by atoms with Crippen LogP contribution < -0.4 is 10.6 Å². The van der Waals surface area contributed by atoms with E-state index < -0.39 is 22.4 Å². The molecule has 0 aliphatic rings. The average molecular weight is 354 g/mol. The SMILES string of the molecule is O=C(O)CNC(=O)CCCCCNc1ccc([N+](=O)[O-])cc1[N+](=O)[O-]. The summed E-state index contributed by atoms with van der Waals surface area (Å²) in [5.74, 6) is -1.45. The molecule has 1 aromatic carbocycles. The van der Waals surface area contributed by atoms with Gasteiger partial charge in [-0.2, -0.15) is 0 Å². The first-order valence-corrected chi connectivity index (χ1v) is 7.46. The van der Waals surface area contributed by atoms with Gasteiger partial charge in [-0.05, 0) is 18.9 Å². The number of anilines is 1. The molecule has 0 fully saturated rings. The smallest absolute Gasteiger partial charge is 0.322 e. The van der Waals surface area contributed by atoms with E-state index in [4.69, 9.17) is 5.11 Å². The molecule has 11 heteroatoms. The van der Waals surface area contributed by atoms with Gasteiger partial charge in [-0.15, -0.1) is 0 Å². The number of carbonyl (C=O) groups is 2. The van der Waals surface area contributed by atoms with Crippen LogP contribution >= 0.6 is 0 Å². The van der Waals surface area contributed by atoms with E-state index >= 15 is 0 Å². The van der Waals surface area contributed by atoms with Crippen LogP contribution in [0.5, 0.6) is 0 Å². The molecule has 0 heterocycles. The summed E-state index contributed by atoms with van der Waals surface area (Å²) in [7, 11) is 0. The number of hydrogen-bond acceptors (Lipinski definition) is 7. The zero-order valence-corrected chi connectivity index (χ0v) is 13.3. The predicted molar refractivity (Wildman–Crippen MR) is 87.4 cm³/mol. The Kier molecular flexibility index (Phi) is 7.76. The van der Waals surface area contributed by atoms with Crippen molar-refractivity contribution in [2.24, 2.45) is 0 Å². The van der Waals surface area contributed by atoms with Gasteiger partial charge >= 0.3 is 5.97 Å². The second-order valence-electron chi connectivity index (χ2n) is 5.12. The van der Waals surface area contributed by atoms with Crippen LogP contribution in [0.1, 0.15) is 25.7 Å². The topological polar surface area (TPSA) is 165 Å². The van der Waals surface area contributed by atoms with Crippen molar-refractivity contribution in [3.05, 3.63) is 38.4 Å². The Bertz CT molecular complexity index is 663. The van der Waals surface area contributed by atoms with E-state index in [0.29, 0.717) is 25.8 Å². The minimum Gasteiger partial charge on any atom is -0.480 e. The summed E-state index contributed by atoms with van der Waals surface area (Å²) >= 11 is 0. The van der Waals surface area contributed by atoms with Crippen molar-refractivity contribution in [2.75, 3.05) is 18.4 Å². The number of rotatable bonds is 11. The lowest BCUT2D eigenvalue weighted by atomic mass is 10.2. The van der Waals surface area contributed by atoms with E-state index in [1.165, 1.54) is 12.1 Å². The summed E-state index contributed by atoms with van der Waals surface area (Å²) < 4.78 is 0. The summed E-state index contributed by atoms with van der Waals surface area (Å²) in [6, 6.07) is 3.37. The van der Waals surface area contributed by atoms with Gasteiger partial charge in [-0.1, -0.05) is 6.42 Å². The van der Waals surface area contributed by atoms with Crippen molar-refractivity contribution in [3.8, 4) is 0 Å². The zero-order valence-electron chi connectivity index (χ0n) is 13.3. The number of nitrogens with one attached hydrogen (secondary N) is 2. The molecule has 0 aliphatic heterocycles. The van der Waals surface area contributed by atoms with Gasteiger partial charge in [0, 0.05) is 19.0 Å². The summed E-state index contributed by atoms with van der Waals surface area (Å²) in [6.07, 6.45) is 2.04. The van der Waals surface area contributed by atoms with Crippen LogP contribution in [-0.2, 0) is 9.59 Å². The third-order valence-electron chi connectivity index (χ3n) is 3.22. The molecule has 1 amide bonds. The van der Waals surface area contributed by atoms with Crippen LogP contribution in [0.4, 0.5) is 17.1 Å². The first-order valence-electron chi connectivity index (χ1n) is 7.46. The minimum absolute atomic E-state index is 0.190. The molecule has 136 valence electrons. The number of nitro groups is 2. The van der Waals surface area contributed by atoms with Crippen LogP contribution in [0.2, 0.25) is 0 Å². The number of aliphatic carboxylic acids is 1. The molecule has 0 unspecified atom stereocenters. The molecule has 11 nitrogen and oxygen atoms in total. The molecule has 0 bridgehead atoms. The van der Waals surface area contributed by atoms with E-state index in [1.807, 2.05) is 0 Å². The van der Waals surface area contributed by atoms with Crippen LogP contribution in [-0.4, -0.2) is 39.9 Å². The first kappa shape index (κ1) is 19.8. The van der Waals surface area contributed by atoms with Gasteiger partial charge in [-0.25, -0.2) is 0 Å². The lowest BCUT2D eigenvalue weighted by Crippen LogP contribution is -2.28. The standard InChI is InChI=1S/C14H18N4O7/c19-13(16-9-14(20)21)4-2-1-3-7-15-11-6-5-10(17(22)23)8-12(11)18(24)25/h5-6,8,15H,1-4,7,9H2,(H,16,19)(H,20,21). The second kappa shape index (κ2) is 9.80. The molecule has 0 saturated carbocycles. The Morgan fingerprint density at radius 1 is 1.08 bits per heavy atom. The average Bonchev–Trinajstić information content (AvgIpc) is 2.55. The zero-order chi connectivity index (χ0) is 18.8. The molecular formula is C14H18N4O7. The highest BCUT2D eigenvalue weighted by molar-refractivity contribution is 5.80. The summed E-state index contributed by atoms with van der Waals surface area (Å²) in [5, 5.41) is 35.1. The van der Waals surface area contributed by atoms with Gasteiger partial charge in [0.2, 0.25) is 5.91 Å². The van der Waals surface area contributed by atoms with Gasteiger partial charge in [0.05, 0.1) is 15.9 Å². The molecule has 0 saturated heterocycles. The maximum atomic E-state index is 11.3. The fraction of sp³-hybridized carbons (Fsp3) is 0.429. The normalized spacial score (nSPS) is 10.1. The maximum absolute atomic E-state index is 11.3. The number of unbranched alkanes of at least 4 members (excludes halogenated alkanes) is 2. The third kappa shape index (κ3) is 7.24. The predicted octanol–water partition coefficient (Wildman–Crippen LogP) is 1.68. The Hall–Kier alpha value is -3.24. The molecule has 0 atom stereocenters. The van der Waals surface area contributed by atoms with E-state index in [2.05, 4.69) is 10.6 Å². The Labute approximate surface area is 142 Å². The van der Waals surface area contributed by atoms with E-state index in [9.17, 15) is 29.8 Å². The van der Waals surface area contributed by atoms with Crippen molar-refractivity contribution in [1.82, 2.24) is 5.32 Å². The molecule has 3 N–H and O–H groups in total. The van der Waals surface area contributed by atoms with Gasteiger partial charge < -0.3 is 15.7 Å². The second-order valence-corrected chi connectivity index (χ2v) is 5.12. The molecule has 1 aromatic rings. The largest absolute Gasteiger partial charge is 0.480 e. The van der Waals surface area contributed by atoms with Crippen molar-refractivity contribution < 1.29 is 24.5 Å². The first-order chi connectivity index (χ1) is 11.8. The van der Waals surface area contributed by atoms with Crippen molar-refractivity contribution >= 4 is 28.9 Å². The number of nitrogens with zero attached hydrogens (tertiary/aromatic N) is 2. The summed E-state index contributed by atoms with van der Waals surface area (Å²) in [4.78, 5) is 41.8. The van der Waals surface area contributed by atoms with Crippen molar-refractivity contribution in [3.63, 3.8) is 0 Å². The third-order valence-corrected chi connectivity index (χ3v) is 3.22. The number of hydrogen-bond donors (Lipinski definition) is 3. The van der Waals surface area contributed by atoms with Gasteiger partial charge in [0.15, 0.2) is 0 Å². The maximum Gasteiger partial charge on any atom is 0.322 e. The summed E-state index contributed by atoms with van der Waals surface area (Å²) in [6.45, 7) is -0.0143. The van der Waals surface area contributed by atoms with Gasteiger partial charge in [-0.3, -0.25) is 29.8 Å². The highest BCUT2D eigenvalue weighted by atomic mass is 16.6. The minimum atomic E-state index is -1.11. The number of carbonyl (C=O) groups excluding carboxylic acids is 1. The number of carboxylic acids is 1. The Balaban J connectivity index is 2.37. The number of nitro benzene ring substituents is 2. The molecule has 0 spiro atoms. The highest BCUT2D eigenvalue weighted by Gasteiger charge is 2.18. The van der Waals surface area contributed by atoms with Gasteiger partial charge in [0.25, 0.3) is 11.4 Å². The Morgan fingerprint density at radius 3 is 2.40 bits per heavy atom. The molecule has 0 radical (unpaired) electrons. The summed E-state index contributed by atoms with van der Waals surface area (Å²) in [5.41, 5.74) is -0.540. The number of carboxylic acid groups (broad SMARTS) is 1. The fourth-order valence-electron chi connectivity index (χ4n) is 2.01.